The van der Waals surface area contributed by atoms with Gasteiger partial charge in [-0.2, -0.15) is 0 Å². The number of hydrogen-bond donors (Lipinski definition) is 3. The normalized spacial score (nSPS) is 20.9. The predicted molar refractivity (Wildman–Crippen MR) is 51.3 cm³/mol. The molecule has 0 aliphatic carbocycles. The van der Waals surface area contributed by atoms with Crippen molar-refractivity contribution in [3.63, 3.8) is 0 Å². The molecule has 14 heavy (non-hydrogen) atoms. The number of rotatable bonds is 3. The summed E-state index contributed by atoms with van der Waals surface area (Å²) < 4.78 is 0. The fourth-order valence-corrected chi connectivity index (χ4v) is 1.48. The highest BCUT2D eigenvalue weighted by Crippen LogP contribution is 2.14. The van der Waals surface area contributed by atoms with Gasteiger partial charge in [0.15, 0.2) is 0 Å². The first-order chi connectivity index (χ1) is 6.63. The van der Waals surface area contributed by atoms with Gasteiger partial charge in [-0.25, -0.2) is 4.79 Å². The maximum atomic E-state index is 11.4. The van der Waals surface area contributed by atoms with E-state index in [2.05, 4.69) is 5.32 Å². The van der Waals surface area contributed by atoms with Gasteiger partial charge in [0.05, 0.1) is 6.54 Å². The molecule has 0 spiro atoms. The van der Waals surface area contributed by atoms with E-state index in [1.807, 2.05) is 0 Å². The van der Waals surface area contributed by atoms with Crippen LogP contribution in [0.4, 0.5) is 4.79 Å². The lowest BCUT2D eigenvalue weighted by Gasteiger charge is -2.16. The van der Waals surface area contributed by atoms with Crippen molar-refractivity contribution in [1.29, 1.82) is 0 Å². The van der Waals surface area contributed by atoms with Crippen molar-refractivity contribution in [2.75, 3.05) is 26.2 Å². The zero-order chi connectivity index (χ0) is 10.6. The molecule has 1 rings (SSSR count). The number of carbonyl (C=O) groups is 2. The van der Waals surface area contributed by atoms with Gasteiger partial charge in [0.2, 0.25) is 5.91 Å². The molecule has 0 aromatic heterocycles. The standard InChI is InChI=1S/C8H16N4O2/c9-3-6-1-2-12(5-6)8(14)11-4-7(10)13/h6H,1-5,9H2,(H2,10,13)(H,11,14). The summed E-state index contributed by atoms with van der Waals surface area (Å²) >= 11 is 0. The zero-order valence-corrected chi connectivity index (χ0v) is 8.03. The minimum absolute atomic E-state index is 0.109. The second-order valence-corrected chi connectivity index (χ2v) is 3.46. The molecule has 0 saturated carbocycles. The van der Waals surface area contributed by atoms with Crippen LogP contribution in [-0.2, 0) is 4.79 Å². The summed E-state index contributed by atoms with van der Waals surface area (Å²) in [7, 11) is 0. The maximum Gasteiger partial charge on any atom is 0.317 e. The van der Waals surface area contributed by atoms with E-state index in [1.54, 1.807) is 4.90 Å². The van der Waals surface area contributed by atoms with Crippen LogP contribution in [0.25, 0.3) is 0 Å². The Labute approximate surface area is 82.6 Å². The number of primary amides is 1. The average Bonchev–Trinajstić information content (AvgIpc) is 2.62. The van der Waals surface area contributed by atoms with Crippen LogP contribution >= 0.6 is 0 Å². The van der Waals surface area contributed by atoms with Gasteiger partial charge in [0.25, 0.3) is 0 Å². The highest BCUT2D eigenvalue weighted by molar-refractivity contribution is 5.82. The molecule has 1 atom stereocenters. The molecule has 1 aliphatic rings. The summed E-state index contributed by atoms with van der Waals surface area (Å²) in [4.78, 5) is 23.4. The Morgan fingerprint density at radius 3 is 2.71 bits per heavy atom. The van der Waals surface area contributed by atoms with Gasteiger partial charge in [-0.3, -0.25) is 4.79 Å². The lowest BCUT2D eigenvalue weighted by atomic mass is 10.1. The summed E-state index contributed by atoms with van der Waals surface area (Å²) in [6.07, 6.45) is 0.931. The molecule has 1 fully saturated rings. The smallest absolute Gasteiger partial charge is 0.317 e. The molecular formula is C8H16N4O2. The molecule has 6 nitrogen and oxygen atoms in total. The van der Waals surface area contributed by atoms with E-state index in [0.717, 1.165) is 6.42 Å². The van der Waals surface area contributed by atoms with Crippen molar-refractivity contribution < 1.29 is 9.59 Å². The third-order valence-electron chi connectivity index (χ3n) is 2.32. The SMILES string of the molecule is NCC1CCN(C(=O)NCC(N)=O)C1. The molecular weight excluding hydrogens is 184 g/mol. The summed E-state index contributed by atoms with van der Waals surface area (Å²) in [5, 5.41) is 2.44. The van der Waals surface area contributed by atoms with E-state index >= 15 is 0 Å². The van der Waals surface area contributed by atoms with Crippen LogP contribution in [0.3, 0.4) is 0 Å². The minimum atomic E-state index is -0.534. The Bertz CT molecular complexity index is 231. The van der Waals surface area contributed by atoms with E-state index in [4.69, 9.17) is 11.5 Å². The first-order valence-electron chi connectivity index (χ1n) is 4.64. The Morgan fingerprint density at radius 1 is 1.50 bits per heavy atom. The van der Waals surface area contributed by atoms with Crippen molar-refractivity contribution in [2.45, 2.75) is 6.42 Å². The van der Waals surface area contributed by atoms with E-state index < -0.39 is 5.91 Å². The molecule has 1 heterocycles. The quantitative estimate of drug-likeness (QED) is 0.514. The fourth-order valence-electron chi connectivity index (χ4n) is 1.48. The van der Waals surface area contributed by atoms with Crippen LogP contribution in [0.2, 0.25) is 0 Å². The lowest BCUT2D eigenvalue weighted by molar-refractivity contribution is -0.117. The molecule has 80 valence electrons. The Morgan fingerprint density at radius 2 is 2.21 bits per heavy atom. The van der Waals surface area contributed by atoms with Crippen LogP contribution in [-0.4, -0.2) is 43.0 Å². The predicted octanol–water partition coefficient (Wildman–Crippen LogP) is -1.54. The number of carbonyl (C=O) groups excluding carboxylic acids is 2. The molecule has 0 aromatic carbocycles. The zero-order valence-electron chi connectivity index (χ0n) is 8.03. The van der Waals surface area contributed by atoms with Crippen LogP contribution in [0.5, 0.6) is 0 Å². The van der Waals surface area contributed by atoms with Crippen molar-refractivity contribution in [1.82, 2.24) is 10.2 Å². The summed E-state index contributed by atoms with van der Waals surface area (Å²) in [6, 6.07) is -0.236. The van der Waals surface area contributed by atoms with Gasteiger partial charge in [0.1, 0.15) is 0 Å². The van der Waals surface area contributed by atoms with Crippen molar-refractivity contribution in [2.24, 2.45) is 17.4 Å². The van der Waals surface area contributed by atoms with Gasteiger partial charge in [-0.05, 0) is 18.9 Å². The third kappa shape index (κ3) is 2.88. The summed E-state index contributed by atoms with van der Waals surface area (Å²) in [5.41, 5.74) is 10.4. The summed E-state index contributed by atoms with van der Waals surface area (Å²) in [6.45, 7) is 1.86. The third-order valence-corrected chi connectivity index (χ3v) is 2.32. The van der Waals surface area contributed by atoms with Crippen molar-refractivity contribution in [3.8, 4) is 0 Å². The molecule has 1 aliphatic heterocycles. The van der Waals surface area contributed by atoms with Crippen molar-refractivity contribution in [3.05, 3.63) is 0 Å². The molecule has 0 bridgehead atoms. The number of amides is 3. The van der Waals surface area contributed by atoms with Gasteiger partial charge < -0.3 is 21.7 Å². The number of nitrogens with two attached hydrogens (primary N) is 2. The number of likely N-dealkylation sites (tertiary alicyclic amines) is 1. The highest BCUT2D eigenvalue weighted by atomic mass is 16.2. The number of urea groups is 1. The second-order valence-electron chi connectivity index (χ2n) is 3.46. The highest BCUT2D eigenvalue weighted by Gasteiger charge is 2.24. The van der Waals surface area contributed by atoms with Gasteiger partial charge >= 0.3 is 6.03 Å². The van der Waals surface area contributed by atoms with Crippen LogP contribution in [0, 0.1) is 5.92 Å². The summed E-state index contributed by atoms with van der Waals surface area (Å²) in [5.74, 6) is -0.151. The first-order valence-corrected chi connectivity index (χ1v) is 4.64. The van der Waals surface area contributed by atoms with Crippen LogP contribution in [0.15, 0.2) is 0 Å². The first kappa shape index (κ1) is 10.8. The molecule has 1 unspecified atom stereocenters. The maximum absolute atomic E-state index is 11.4. The minimum Gasteiger partial charge on any atom is -0.368 e. The molecule has 1 saturated heterocycles. The molecule has 6 heteroatoms. The Balaban J connectivity index is 2.28. The van der Waals surface area contributed by atoms with E-state index in [0.29, 0.717) is 25.6 Å². The number of hydrogen-bond acceptors (Lipinski definition) is 3. The van der Waals surface area contributed by atoms with Crippen LogP contribution in [0.1, 0.15) is 6.42 Å². The van der Waals surface area contributed by atoms with E-state index in [-0.39, 0.29) is 12.6 Å². The largest absolute Gasteiger partial charge is 0.368 e. The topological polar surface area (TPSA) is 101 Å². The average molecular weight is 200 g/mol. The molecule has 5 N–H and O–H groups in total. The van der Waals surface area contributed by atoms with Crippen molar-refractivity contribution >= 4 is 11.9 Å². The van der Waals surface area contributed by atoms with E-state index in [1.165, 1.54) is 0 Å². The lowest BCUT2D eigenvalue weighted by Crippen LogP contribution is -2.42. The van der Waals surface area contributed by atoms with Gasteiger partial charge in [-0.1, -0.05) is 0 Å². The molecule has 3 amide bonds. The second kappa shape index (κ2) is 4.80. The number of nitrogens with zero attached hydrogens (tertiary/aromatic N) is 1. The number of nitrogens with one attached hydrogen (secondary N) is 1. The molecule has 0 aromatic rings. The molecule has 0 radical (unpaired) electrons. The van der Waals surface area contributed by atoms with Gasteiger partial charge in [0, 0.05) is 13.1 Å². The van der Waals surface area contributed by atoms with E-state index in [9.17, 15) is 9.59 Å². The fraction of sp³-hybridized carbons (Fsp3) is 0.750. The Hall–Kier alpha value is -1.30. The monoisotopic (exact) mass is 200 g/mol. The Kier molecular flexibility index (Phi) is 3.70. The van der Waals surface area contributed by atoms with Crippen LogP contribution < -0.4 is 16.8 Å². The van der Waals surface area contributed by atoms with Gasteiger partial charge in [-0.15, -0.1) is 0 Å².